The van der Waals surface area contributed by atoms with Crippen LogP contribution >= 0.6 is 11.6 Å². The zero-order valence-corrected chi connectivity index (χ0v) is 13.8. The van der Waals surface area contributed by atoms with Crippen LogP contribution in [-0.2, 0) is 9.59 Å². The maximum absolute atomic E-state index is 12.9. The number of ketones is 1. The summed E-state index contributed by atoms with van der Waals surface area (Å²) in [7, 11) is 0. The molecule has 1 aromatic rings. The summed E-state index contributed by atoms with van der Waals surface area (Å²) in [4.78, 5) is 25.2. The number of carbonyl (C=O) groups is 2. The topological polar surface area (TPSA) is 46.2 Å². The lowest BCUT2D eigenvalue weighted by atomic mass is 9.73. The van der Waals surface area contributed by atoms with E-state index in [2.05, 4.69) is 5.32 Å². The summed E-state index contributed by atoms with van der Waals surface area (Å²) in [5.74, 6) is -3.29. The second kappa shape index (κ2) is 5.76. The predicted octanol–water partition coefficient (Wildman–Crippen LogP) is 3.92. The minimum absolute atomic E-state index is 0.0156. The second-order valence-corrected chi connectivity index (χ2v) is 7.12. The standard InChI is InChI=1S/C17H17ClF3NO2/c1-9-2-3-11(12(18)8-9)13-14(23)16(22-15(13)24)6-4-10(5-7-16)17(19,20)21/h2-3,8,10,13H,4-7H2,1H3,(H,22,24). The number of hydrogen-bond donors (Lipinski definition) is 1. The van der Waals surface area contributed by atoms with Gasteiger partial charge in [-0.05, 0) is 49.8 Å². The van der Waals surface area contributed by atoms with Crippen LogP contribution in [0.25, 0.3) is 0 Å². The van der Waals surface area contributed by atoms with Gasteiger partial charge in [-0.15, -0.1) is 0 Å². The van der Waals surface area contributed by atoms with Crippen LogP contribution in [0.3, 0.4) is 0 Å². The molecule has 3 rings (SSSR count). The van der Waals surface area contributed by atoms with Crippen molar-refractivity contribution < 1.29 is 22.8 Å². The van der Waals surface area contributed by atoms with Crippen LogP contribution in [0.15, 0.2) is 18.2 Å². The van der Waals surface area contributed by atoms with Gasteiger partial charge in [0.1, 0.15) is 5.92 Å². The molecule has 0 bridgehead atoms. The van der Waals surface area contributed by atoms with Gasteiger partial charge < -0.3 is 5.32 Å². The molecular weight excluding hydrogens is 343 g/mol. The van der Waals surface area contributed by atoms with Crippen LogP contribution in [0.2, 0.25) is 5.02 Å². The first-order valence-corrected chi connectivity index (χ1v) is 8.21. The molecule has 24 heavy (non-hydrogen) atoms. The van der Waals surface area contributed by atoms with Gasteiger partial charge in [0.15, 0.2) is 5.78 Å². The first kappa shape index (κ1) is 17.3. The van der Waals surface area contributed by atoms with E-state index in [-0.39, 0.29) is 31.5 Å². The van der Waals surface area contributed by atoms with Crippen LogP contribution in [0.5, 0.6) is 0 Å². The van der Waals surface area contributed by atoms with E-state index in [0.29, 0.717) is 10.6 Å². The number of benzene rings is 1. The summed E-state index contributed by atoms with van der Waals surface area (Å²) in [6.45, 7) is 1.84. The van der Waals surface area contributed by atoms with E-state index in [1.54, 1.807) is 18.2 Å². The Kier molecular flexibility index (Phi) is 4.14. The fourth-order valence-corrected chi connectivity index (χ4v) is 4.07. The molecule has 1 amide bonds. The third-order valence-electron chi connectivity index (χ3n) is 5.13. The first-order valence-electron chi connectivity index (χ1n) is 7.83. The molecule has 3 nitrogen and oxygen atoms in total. The van der Waals surface area contributed by atoms with Gasteiger partial charge in [0.25, 0.3) is 0 Å². The van der Waals surface area contributed by atoms with Gasteiger partial charge in [-0.25, -0.2) is 0 Å². The lowest BCUT2D eigenvalue weighted by molar-refractivity contribution is -0.185. The van der Waals surface area contributed by atoms with Crippen molar-refractivity contribution in [2.45, 2.75) is 50.2 Å². The fourth-order valence-electron chi connectivity index (χ4n) is 3.72. The van der Waals surface area contributed by atoms with Crippen molar-refractivity contribution in [2.24, 2.45) is 5.92 Å². The van der Waals surface area contributed by atoms with Gasteiger partial charge in [0.2, 0.25) is 5.91 Å². The Hall–Kier alpha value is -1.56. The van der Waals surface area contributed by atoms with E-state index < -0.39 is 29.5 Å². The van der Waals surface area contributed by atoms with E-state index in [1.165, 1.54) is 0 Å². The summed E-state index contributed by atoms with van der Waals surface area (Å²) >= 11 is 6.17. The van der Waals surface area contributed by atoms with Crippen LogP contribution in [-0.4, -0.2) is 23.4 Å². The normalized spacial score (nSPS) is 30.7. The van der Waals surface area contributed by atoms with E-state index in [0.717, 1.165) is 5.56 Å². The van der Waals surface area contributed by atoms with Gasteiger partial charge in [-0.1, -0.05) is 23.7 Å². The first-order chi connectivity index (χ1) is 11.1. The largest absolute Gasteiger partial charge is 0.391 e. The van der Waals surface area contributed by atoms with Gasteiger partial charge in [-0.2, -0.15) is 13.2 Å². The summed E-state index contributed by atoms with van der Waals surface area (Å²) in [6.07, 6.45) is -4.52. The second-order valence-electron chi connectivity index (χ2n) is 6.71. The Morgan fingerprint density at radius 2 is 1.83 bits per heavy atom. The number of aryl methyl sites for hydroxylation is 1. The van der Waals surface area contributed by atoms with Crippen molar-refractivity contribution in [1.82, 2.24) is 5.32 Å². The average Bonchev–Trinajstić information content (AvgIpc) is 2.70. The molecule has 7 heteroatoms. The lowest BCUT2D eigenvalue weighted by Crippen LogP contribution is -2.50. The molecule has 1 atom stereocenters. The molecule has 1 unspecified atom stereocenters. The third kappa shape index (κ3) is 2.81. The van der Waals surface area contributed by atoms with Gasteiger partial charge in [0, 0.05) is 5.02 Å². The van der Waals surface area contributed by atoms with E-state index >= 15 is 0 Å². The molecule has 0 aromatic heterocycles. The number of rotatable bonds is 1. The minimum atomic E-state index is -4.26. The van der Waals surface area contributed by atoms with Crippen molar-refractivity contribution >= 4 is 23.3 Å². The minimum Gasteiger partial charge on any atom is -0.343 e. The molecular formula is C17H17ClF3NO2. The van der Waals surface area contributed by atoms with Crippen molar-refractivity contribution in [3.05, 3.63) is 34.3 Å². The summed E-state index contributed by atoms with van der Waals surface area (Å²) in [6, 6.07) is 5.07. The van der Waals surface area contributed by atoms with Crippen LogP contribution in [0.1, 0.15) is 42.7 Å². The highest BCUT2D eigenvalue weighted by atomic mass is 35.5. The summed E-state index contributed by atoms with van der Waals surface area (Å²) < 4.78 is 38.5. The average molecular weight is 360 g/mol. The summed E-state index contributed by atoms with van der Waals surface area (Å²) in [5, 5.41) is 2.99. The molecule has 1 aromatic carbocycles. The number of amides is 1. The molecule has 0 radical (unpaired) electrons. The number of alkyl halides is 3. The van der Waals surface area contributed by atoms with Crippen LogP contribution in [0, 0.1) is 12.8 Å². The van der Waals surface area contributed by atoms with E-state index in [1.807, 2.05) is 6.92 Å². The highest BCUT2D eigenvalue weighted by molar-refractivity contribution is 6.32. The van der Waals surface area contributed by atoms with E-state index in [9.17, 15) is 22.8 Å². The van der Waals surface area contributed by atoms with Crippen molar-refractivity contribution in [3.8, 4) is 0 Å². The summed E-state index contributed by atoms with van der Waals surface area (Å²) in [5.41, 5.74) is 0.132. The molecule has 130 valence electrons. The van der Waals surface area contributed by atoms with Crippen molar-refractivity contribution in [3.63, 3.8) is 0 Å². The number of carbonyl (C=O) groups excluding carboxylic acids is 2. The maximum atomic E-state index is 12.9. The predicted molar refractivity (Wildman–Crippen MR) is 82.8 cm³/mol. The number of halogens is 4. The van der Waals surface area contributed by atoms with Crippen LogP contribution < -0.4 is 5.32 Å². The Morgan fingerprint density at radius 3 is 2.38 bits per heavy atom. The Bertz CT molecular complexity index is 694. The zero-order valence-electron chi connectivity index (χ0n) is 13.0. The molecule has 1 saturated heterocycles. The van der Waals surface area contributed by atoms with E-state index in [4.69, 9.17) is 11.6 Å². The monoisotopic (exact) mass is 359 g/mol. The molecule has 1 N–H and O–H groups in total. The maximum Gasteiger partial charge on any atom is 0.391 e. The number of Topliss-reactive ketones (excluding diaryl/α,β-unsaturated/α-hetero) is 1. The molecule has 2 fully saturated rings. The van der Waals surface area contributed by atoms with Gasteiger partial charge >= 0.3 is 6.18 Å². The quantitative estimate of drug-likeness (QED) is 0.772. The van der Waals surface area contributed by atoms with Gasteiger partial charge in [0.05, 0.1) is 11.5 Å². The highest BCUT2D eigenvalue weighted by Gasteiger charge is 2.56. The van der Waals surface area contributed by atoms with Gasteiger partial charge in [-0.3, -0.25) is 9.59 Å². The SMILES string of the molecule is Cc1ccc(C2C(=O)NC3(CCC(C(F)(F)F)CC3)C2=O)c(Cl)c1. The fraction of sp³-hybridized carbons (Fsp3) is 0.529. The Labute approximate surface area is 142 Å². The van der Waals surface area contributed by atoms with Crippen molar-refractivity contribution in [1.29, 1.82) is 0 Å². The highest BCUT2D eigenvalue weighted by Crippen LogP contribution is 2.46. The molecule has 1 heterocycles. The Morgan fingerprint density at radius 1 is 1.21 bits per heavy atom. The number of nitrogens with one attached hydrogen (secondary N) is 1. The molecule has 1 saturated carbocycles. The smallest absolute Gasteiger partial charge is 0.343 e. The zero-order chi connectivity index (χ0) is 17.7. The Balaban J connectivity index is 1.85. The molecule has 1 spiro atoms. The molecule has 1 aliphatic heterocycles. The van der Waals surface area contributed by atoms with Crippen LogP contribution in [0.4, 0.5) is 13.2 Å². The lowest BCUT2D eigenvalue weighted by Gasteiger charge is -2.36. The molecule has 1 aliphatic carbocycles. The third-order valence-corrected chi connectivity index (χ3v) is 5.45. The van der Waals surface area contributed by atoms with Crippen molar-refractivity contribution in [2.75, 3.05) is 0 Å². The number of hydrogen-bond acceptors (Lipinski definition) is 2. The molecule has 2 aliphatic rings.